The van der Waals surface area contributed by atoms with Gasteiger partial charge in [0.05, 0.1) is 16.7 Å². The summed E-state index contributed by atoms with van der Waals surface area (Å²) in [5, 5.41) is 2.05. The van der Waals surface area contributed by atoms with E-state index in [-0.39, 0.29) is 0 Å². The van der Waals surface area contributed by atoms with Gasteiger partial charge in [0.25, 0.3) is 0 Å². The molecule has 0 aliphatic rings. The summed E-state index contributed by atoms with van der Waals surface area (Å²) in [4.78, 5) is 9.86. The fourth-order valence-electron chi connectivity index (χ4n) is 2.01. The van der Waals surface area contributed by atoms with Crippen LogP contribution in [0.4, 0.5) is 11.6 Å². The molecule has 2 heterocycles. The van der Waals surface area contributed by atoms with E-state index >= 15 is 0 Å². The Hall–Kier alpha value is -1.52. The first-order valence-corrected chi connectivity index (χ1v) is 6.84. The molecule has 3 nitrogen and oxygen atoms in total. The molecule has 18 heavy (non-hydrogen) atoms. The molecule has 1 N–H and O–H groups in total. The summed E-state index contributed by atoms with van der Waals surface area (Å²) in [6.07, 6.45) is 0. The maximum absolute atomic E-state index is 6.22. The number of para-hydroxylation sites is 2. The zero-order chi connectivity index (χ0) is 12.7. The number of fused-ring (bicyclic) bond motifs is 1. The summed E-state index contributed by atoms with van der Waals surface area (Å²) < 4.78 is 0.787. The molecule has 2 aromatic heterocycles. The zero-order valence-corrected chi connectivity index (χ0v) is 11.6. The lowest BCUT2D eigenvalue weighted by Gasteiger charge is -2.16. The van der Waals surface area contributed by atoms with Gasteiger partial charge in [-0.1, -0.05) is 23.7 Å². The average molecular weight is 278 g/mol. The van der Waals surface area contributed by atoms with Gasteiger partial charge in [0, 0.05) is 7.05 Å². The Kier molecular flexibility index (Phi) is 2.76. The summed E-state index contributed by atoms with van der Waals surface area (Å²) in [5.41, 5.74) is 4.17. The average Bonchev–Trinajstić information content (AvgIpc) is 2.92. The molecule has 0 saturated carbocycles. The minimum absolute atomic E-state index is 0.787. The van der Waals surface area contributed by atoms with Crippen LogP contribution in [0.1, 0.15) is 5.56 Å². The van der Waals surface area contributed by atoms with Crippen LogP contribution in [0.25, 0.3) is 11.0 Å². The van der Waals surface area contributed by atoms with Gasteiger partial charge in [-0.2, -0.15) is 0 Å². The van der Waals surface area contributed by atoms with Crippen LogP contribution in [0.3, 0.4) is 0 Å². The van der Waals surface area contributed by atoms with Crippen LogP contribution in [-0.4, -0.2) is 17.0 Å². The molecule has 0 saturated heterocycles. The predicted octanol–water partition coefficient (Wildman–Crippen LogP) is 4.35. The fourth-order valence-corrected chi connectivity index (χ4v) is 3.22. The van der Waals surface area contributed by atoms with Crippen LogP contribution in [0, 0.1) is 6.92 Å². The SMILES string of the molecule is Cc1csc(Cl)c1N(C)c1nc2ccccc2[nH]1. The highest BCUT2D eigenvalue weighted by atomic mass is 35.5. The summed E-state index contributed by atoms with van der Waals surface area (Å²) in [5.74, 6) is 0.805. The molecule has 0 unspecified atom stereocenters. The van der Waals surface area contributed by atoms with Crippen molar-refractivity contribution in [1.29, 1.82) is 0 Å². The van der Waals surface area contributed by atoms with Crippen molar-refractivity contribution in [2.75, 3.05) is 11.9 Å². The Morgan fingerprint density at radius 1 is 1.33 bits per heavy atom. The third kappa shape index (κ3) is 1.78. The van der Waals surface area contributed by atoms with Gasteiger partial charge in [-0.05, 0) is 30.0 Å². The highest BCUT2D eigenvalue weighted by molar-refractivity contribution is 7.15. The van der Waals surface area contributed by atoms with Crippen molar-refractivity contribution in [1.82, 2.24) is 9.97 Å². The molecule has 3 rings (SSSR count). The number of nitrogens with one attached hydrogen (secondary N) is 1. The molecule has 0 amide bonds. The third-order valence-electron chi connectivity index (χ3n) is 2.93. The number of aromatic amines is 1. The number of halogens is 1. The number of benzene rings is 1. The maximum atomic E-state index is 6.22. The number of anilines is 2. The normalized spacial score (nSPS) is 11.1. The highest BCUT2D eigenvalue weighted by Crippen LogP contribution is 2.37. The highest BCUT2D eigenvalue weighted by Gasteiger charge is 2.15. The minimum atomic E-state index is 0.787. The maximum Gasteiger partial charge on any atom is 0.208 e. The molecule has 0 atom stereocenters. The summed E-state index contributed by atoms with van der Waals surface area (Å²) in [7, 11) is 1.97. The van der Waals surface area contributed by atoms with E-state index in [1.807, 2.05) is 36.2 Å². The Balaban J connectivity index is 2.09. The summed E-state index contributed by atoms with van der Waals surface area (Å²) >= 11 is 7.77. The molecule has 0 bridgehead atoms. The predicted molar refractivity (Wildman–Crippen MR) is 78.2 cm³/mol. The molecular formula is C13H12ClN3S. The van der Waals surface area contributed by atoms with Crippen LogP contribution < -0.4 is 4.90 Å². The molecule has 5 heteroatoms. The van der Waals surface area contributed by atoms with E-state index in [1.54, 1.807) is 11.3 Å². The van der Waals surface area contributed by atoms with Crippen LogP contribution in [-0.2, 0) is 0 Å². The van der Waals surface area contributed by atoms with Gasteiger partial charge >= 0.3 is 0 Å². The number of aryl methyl sites for hydroxylation is 1. The van der Waals surface area contributed by atoms with Crippen molar-refractivity contribution in [3.05, 3.63) is 39.5 Å². The second kappa shape index (κ2) is 4.30. The number of hydrogen-bond acceptors (Lipinski definition) is 3. The first-order chi connectivity index (χ1) is 8.66. The van der Waals surface area contributed by atoms with Crippen molar-refractivity contribution in [3.8, 4) is 0 Å². The van der Waals surface area contributed by atoms with Crippen molar-refractivity contribution in [2.45, 2.75) is 6.92 Å². The van der Waals surface area contributed by atoms with Gasteiger partial charge < -0.3 is 9.88 Å². The Morgan fingerprint density at radius 2 is 2.11 bits per heavy atom. The quantitative estimate of drug-likeness (QED) is 0.755. The van der Waals surface area contributed by atoms with E-state index in [9.17, 15) is 0 Å². The lowest BCUT2D eigenvalue weighted by Crippen LogP contribution is -2.11. The lowest BCUT2D eigenvalue weighted by atomic mass is 10.3. The van der Waals surface area contributed by atoms with Crippen molar-refractivity contribution in [3.63, 3.8) is 0 Å². The van der Waals surface area contributed by atoms with Crippen molar-refractivity contribution >= 4 is 45.6 Å². The molecular weight excluding hydrogens is 266 g/mol. The Bertz CT molecular complexity index is 649. The van der Waals surface area contributed by atoms with Gasteiger partial charge in [0.15, 0.2) is 0 Å². The van der Waals surface area contributed by atoms with Gasteiger partial charge in [0.2, 0.25) is 5.95 Å². The molecule has 1 aromatic carbocycles. The molecule has 3 aromatic rings. The summed E-state index contributed by atoms with van der Waals surface area (Å²) in [6.45, 7) is 2.05. The number of hydrogen-bond donors (Lipinski definition) is 1. The zero-order valence-electron chi connectivity index (χ0n) is 10.1. The van der Waals surface area contributed by atoms with Crippen molar-refractivity contribution < 1.29 is 0 Å². The van der Waals surface area contributed by atoms with Gasteiger partial charge in [-0.25, -0.2) is 4.98 Å². The number of aromatic nitrogens is 2. The Morgan fingerprint density at radius 3 is 2.78 bits per heavy atom. The lowest BCUT2D eigenvalue weighted by molar-refractivity contribution is 1.10. The van der Waals surface area contributed by atoms with Crippen molar-refractivity contribution in [2.24, 2.45) is 0 Å². The van der Waals surface area contributed by atoms with Gasteiger partial charge in [-0.15, -0.1) is 11.3 Å². The smallest absolute Gasteiger partial charge is 0.208 e. The largest absolute Gasteiger partial charge is 0.324 e. The van der Waals surface area contributed by atoms with Crippen LogP contribution in [0.2, 0.25) is 4.34 Å². The number of rotatable bonds is 2. The Labute approximate surface area is 114 Å². The van der Waals surface area contributed by atoms with E-state index in [0.29, 0.717) is 0 Å². The van der Waals surface area contributed by atoms with E-state index < -0.39 is 0 Å². The molecule has 0 spiro atoms. The molecule has 0 aliphatic carbocycles. The molecule has 0 radical (unpaired) electrons. The number of thiophene rings is 1. The first-order valence-electron chi connectivity index (χ1n) is 5.59. The van der Waals surface area contributed by atoms with Crippen LogP contribution in [0.15, 0.2) is 29.6 Å². The molecule has 0 fully saturated rings. The van der Waals surface area contributed by atoms with E-state index in [2.05, 4.69) is 22.3 Å². The number of H-pyrrole nitrogens is 1. The molecule has 92 valence electrons. The first kappa shape index (κ1) is 11.6. The second-order valence-corrected chi connectivity index (χ2v) is 5.66. The number of imidazole rings is 1. The molecule has 0 aliphatic heterocycles. The van der Waals surface area contributed by atoms with E-state index in [0.717, 1.165) is 32.6 Å². The van der Waals surface area contributed by atoms with E-state index in [1.165, 1.54) is 0 Å². The van der Waals surface area contributed by atoms with Crippen LogP contribution in [0.5, 0.6) is 0 Å². The monoisotopic (exact) mass is 277 g/mol. The standard InChI is InChI=1S/C13H12ClN3S/c1-8-7-18-12(14)11(8)17(2)13-15-9-5-3-4-6-10(9)16-13/h3-7H,1-2H3,(H,15,16). The van der Waals surface area contributed by atoms with Gasteiger partial charge in [-0.3, -0.25) is 0 Å². The fraction of sp³-hybridized carbons (Fsp3) is 0.154. The number of nitrogens with zero attached hydrogens (tertiary/aromatic N) is 2. The van der Waals surface area contributed by atoms with Gasteiger partial charge in [0.1, 0.15) is 4.34 Å². The summed E-state index contributed by atoms with van der Waals surface area (Å²) in [6, 6.07) is 7.98. The second-order valence-electron chi connectivity index (χ2n) is 4.18. The topological polar surface area (TPSA) is 31.9 Å². The van der Waals surface area contributed by atoms with Crippen LogP contribution >= 0.6 is 22.9 Å². The van der Waals surface area contributed by atoms with E-state index in [4.69, 9.17) is 11.6 Å². The minimum Gasteiger partial charge on any atom is -0.324 e. The third-order valence-corrected chi connectivity index (χ3v) is 4.25.